The Kier molecular flexibility index (Phi) is 4.13. The van der Waals surface area contributed by atoms with Crippen molar-refractivity contribution >= 4 is 21.4 Å². The Labute approximate surface area is 119 Å². The number of nitrogens with one attached hydrogen (secondary N) is 1. The number of benzene rings is 1. The first-order chi connectivity index (χ1) is 9.66. The number of anilines is 1. The Bertz CT molecular complexity index is 642. The van der Waals surface area contributed by atoms with Crippen LogP contribution >= 0.6 is 0 Å². The Morgan fingerprint density at radius 3 is 2.52 bits per heavy atom. The molecule has 1 amide bonds. The summed E-state index contributed by atoms with van der Waals surface area (Å²) in [4.78, 5) is 11.9. The van der Waals surface area contributed by atoms with E-state index in [1.54, 1.807) is 0 Å². The highest BCUT2D eigenvalue weighted by molar-refractivity contribution is 7.91. The smallest absolute Gasteiger partial charge is 0.404 e. The number of ether oxygens (including phenoxy) is 1. The van der Waals surface area contributed by atoms with Gasteiger partial charge in [-0.1, -0.05) is 12.1 Å². The van der Waals surface area contributed by atoms with Crippen molar-refractivity contribution in [3.05, 3.63) is 24.3 Å². The zero-order valence-corrected chi connectivity index (χ0v) is 11.5. The molecule has 1 aromatic rings. The zero-order valence-electron chi connectivity index (χ0n) is 10.7. The van der Waals surface area contributed by atoms with Crippen molar-refractivity contribution < 1.29 is 31.1 Å². The molecular weight excluding hydrogens is 311 g/mol. The van der Waals surface area contributed by atoms with Gasteiger partial charge in [-0.2, -0.15) is 0 Å². The summed E-state index contributed by atoms with van der Waals surface area (Å²) in [7, 11) is -3.24. The van der Waals surface area contributed by atoms with E-state index in [1.165, 1.54) is 18.2 Å². The molecule has 9 heteroatoms. The van der Waals surface area contributed by atoms with Crippen LogP contribution in [0.3, 0.4) is 0 Å². The number of rotatable bonds is 3. The van der Waals surface area contributed by atoms with Crippen LogP contribution in [0, 0.1) is 5.92 Å². The summed E-state index contributed by atoms with van der Waals surface area (Å²) in [5, 5.41) is 2.28. The van der Waals surface area contributed by atoms with Crippen molar-refractivity contribution in [1.82, 2.24) is 0 Å². The maximum absolute atomic E-state index is 12.2. The van der Waals surface area contributed by atoms with Gasteiger partial charge in [0.1, 0.15) is 0 Å². The molecule has 0 spiro atoms. The van der Waals surface area contributed by atoms with Crippen LogP contribution in [-0.4, -0.2) is 32.2 Å². The van der Waals surface area contributed by atoms with Crippen LogP contribution < -0.4 is 10.1 Å². The van der Waals surface area contributed by atoms with Gasteiger partial charge in [0.05, 0.1) is 23.1 Å². The quantitative estimate of drug-likeness (QED) is 0.923. The van der Waals surface area contributed by atoms with Crippen LogP contribution in [0.25, 0.3) is 0 Å². The van der Waals surface area contributed by atoms with E-state index in [0.717, 1.165) is 6.07 Å². The van der Waals surface area contributed by atoms with Crippen molar-refractivity contribution in [2.45, 2.75) is 12.8 Å². The average molecular weight is 323 g/mol. The van der Waals surface area contributed by atoms with Crippen LogP contribution in [0.4, 0.5) is 18.9 Å². The van der Waals surface area contributed by atoms with Gasteiger partial charge < -0.3 is 10.1 Å². The van der Waals surface area contributed by atoms with Crippen molar-refractivity contribution in [2.24, 2.45) is 5.92 Å². The number of halogens is 3. The van der Waals surface area contributed by atoms with E-state index in [1.807, 2.05) is 0 Å². The van der Waals surface area contributed by atoms with Gasteiger partial charge in [0.2, 0.25) is 5.91 Å². The van der Waals surface area contributed by atoms with Gasteiger partial charge in [0.25, 0.3) is 0 Å². The van der Waals surface area contributed by atoms with Gasteiger partial charge >= 0.3 is 6.36 Å². The van der Waals surface area contributed by atoms with Gasteiger partial charge in [0.15, 0.2) is 15.6 Å². The molecule has 1 atom stereocenters. The lowest BCUT2D eigenvalue weighted by atomic mass is 10.1. The summed E-state index contributed by atoms with van der Waals surface area (Å²) in [5.74, 6) is -2.31. The molecule has 1 N–H and O–H groups in total. The first kappa shape index (κ1) is 15.6. The molecule has 21 heavy (non-hydrogen) atoms. The number of carbonyl (C=O) groups excluding carboxylic acids is 1. The topological polar surface area (TPSA) is 72.5 Å². The molecule has 5 nitrogen and oxygen atoms in total. The Hall–Kier alpha value is -1.77. The summed E-state index contributed by atoms with van der Waals surface area (Å²) < 4.78 is 63.1. The molecule has 1 heterocycles. The maximum Gasteiger partial charge on any atom is 0.573 e. The minimum absolute atomic E-state index is 0.0915. The van der Waals surface area contributed by atoms with Crippen molar-refractivity contribution in [3.63, 3.8) is 0 Å². The largest absolute Gasteiger partial charge is 0.573 e. The highest BCUT2D eigenvalue weighted by Gasteiger charge is 2.35. The Morgan fingerprint density at radius 1 is 1.29 bits per heavy atom. The number of sulfone groups is 1. The van der Waals surface area contributed by atoms with Crippen LogP contribution in [0.5, 0.6) is 5.75 Å². The fraction of sp³-hybridized carbons (Fsp3) is 0.417. The van der Waals surface area contributed by atoms with Crippen LogP contribution in [0.2, 0.25) is 0 Å². The zero-order chi connectivity index (χ0) is 15.7. The molecule has 0 aliphatic carbocycles. The second-order valence-corrected chi connectivity index (χ2v) is 6.86. The second-order valence-electron chi connectivity index (χ2n) is 4.63. The van der Waals surface area contributed by atoms with E-state index in [2.05, 4.69) is 10.1 Å². The standard InChI is InChI=1S/C12H12F3NO4S/c13-12(14,15)20-10-4-2-1-3-9(10)16-11(17)8-5-6-21(18,19)7-8/h1-4,8H,5-7H2,(H,16,17)/t8-/m0/s1. The van der Waals surface area contributed by atoms with Gasteiger partial charge in [-0.3, -0.25) is 4.79 Å². The minimum Gasteiger partial charge on any atom is -0.404 e. The lowest BCUT2D eigenvalue weighted by Gasteiger charge is -2.15. The molecule has 0 unspecified atom stereocenters. The fourth-order valence-electron chi connectivity index (χ4n) is 2.02. The summed E-state index contributed by atoms with van der Waals surface area (Å²) in [6.45, 7) is 0. The molecule has 0 saturated carbocycles. The predicted octanol–water partition coefficient (Wildman–Crippen LogP) is 1.96. The summed E-state index contributed by atoms with van der Waals surface area (Å²) in [5.41, 5.74) is -0.149. The van der Waals surface area contributed by atoms with E-state index in [4.69, 9.17) is 0 Å². The molecule has 0 aromatic heterocycles. The van der Waals surface area contributed by atoms with Gasteiger partial charge in [-0.05, 0) is 18.6 Å². The third-order valence-corrected chi connectivity index (χ3v) is 4.74. The number of alkyl halides is 3. The van der Waals surface area contributed by atoms with Crippen LogP contribution in [0.1, 0.15) is 6.42 Å². The molecule has 116 valence electrons. The van der Waals surface area contributed by atoms with E-state index in [9.17, 15) is 26.4 Å². The van der Waals surface area contributed by atoms with Gasteiger partial charge in [-0.15, -0.1) is 13.2 Å². The fourth-order valence-corrected chi connectivity index (χ4v) is 3.76. The normalized spacial score (nSPS) is 21.0. The number of amides is 1. The van der Waals surface area contributed by atoms with E-state index >= 15 is 0 Å². The molecule has 1 aromatic carbocycles. The Balaban J connectivity index is 2.11. The molecular formula is C12H12F3NO4S. The predicted molar refractivity (Wildman–Crippen MR) is 68.5 cm³/mol. The van der Waals surface area contributed by atoms with Crippen molar-refractivity contribution in [3.8, 4) is 5.75 Å². The average Bonchev–Trinajstić information content (AvgIpc) is 2.70. The number of para-hydroxylation sites is 2. The lowest BCUT2D eigenvalue weighted by molar-refractivity contribution is -0.274. The Morgan fingerprint density at radius 2 is 1.95 bits per heavy atom. The summed E-state index contributed by atoms with van der Waals surface area (Å²) in [6.07, 6.45) is -4.71. The van der Waals surface area contributed by atoms with Gasteiger partial charge in [-0.25, -0.2) is 8.42 Å². The molecule has 2 rings (SSSR count). The van der Waals surface area contributed by atoms with E-state index in [-0.39, 0.29) is 23.6 Å². The third kappa shape index (κ3) is 4.35. The van der Waals surface area contributed by atoms with Crippen LogP contribution in [-0.2, 0) is 14.6 Å². The molecule has 1 aliphatic rings. The van der Waals surface area contributed by atoms with Crippen molar-refractivity contribution in [2.75, 3.05) is 16.8 Å². The summed E-state index contributed by atoms with van der Waals surface area (Å²) in [6, 6.07) is 5.08. The number of carbonyl (C=O) groups is 1. The second kappa shape index (κ2) is 5.55. The molecule has 1 aliphatic heterocycles. The molecule has 0 bridgehead atoms. The van der Waals surface area contributed by atoms with Crippen molar-refractivity contribution in [1.29, 1.82) is 0 Å². The SMILES string of the molecule is O=C(Nc1ccccc1OC(F)(F)F)[C@H]1CCS(=O)(=O)C1. The van der Waals surface area contributed by atoms with E-state index < -0.39 is 33.8 Å². The van der Waals surface area contributed by atoms with Crippen LogP contribution in [0.15, 0.2) is 24.3 Å². The third-order valence-electron chi connectivity index (χ3n) is 2.97. The first-order valence-electron chi connectivity index (χ1n) is 6.02. The first-order valence-corrected chi connectivity index (χ1v) is 7.84. The number of hydrogen-bond acceptors (Lipinski definition) is 4. The molecule has 1 saturated heterocycles. The molecule has 1 fully saturated rings. The lowest BCUT2D eigenvalue weighted by Crippen LogP contribution is -2.25. The summed E-state index contributed by atoms with van der Waals surface area (Å²) >= 11 is 0. The number of hydrogen-bond donors (Lipinski definition) is 1. The maximum atomic E-state index is 12.2. The minimum atomic E-state index is -4.88. The highest BCUT2D eigenvalue weighted by Crippen LogP contribution is 2.31. The highest BCUT2D eigenvalue weighted by atomic mass is 32.2. The molecule has 0 radical (unpaired) electrons. The monoisotopic (exact) mass is 323 g/mol. The van der Waals surface area contributed by atoms with E-state index in [0.29, 0.717) is 0 Å². The van der Waals surface area contributed by atoms with Gasteiger partial charge in [0, 0.05) is 0 Å².